The molecule has 0 radical (unpaired) electrons. The smallest absolute Gasteiger partial charge is 0.254 e. The molecule has 0 atom stereocenters. The van der Waals surface area contributed by atoms with E-state index in [1.54, 1.807) is 0 Å². The van der Waals surface area contributed by atoms with Crippen molar-refractivity contribution >= 4 is 17.5 Å². The van der Waals surface area contributed by atoms with Gasteiger partial charge in [-0.25, -0.2) is 0 Å². The summed E-state index contributed by atoms with van der Waals surface area (Å²) in [5.74, 6) is 1.61. The molecule has 2 amide bonds. The summed E-state index contributed by atoms with van der Waals surface area (Å²) in [5, 5.41) is 2.79. The van der Waals surface area contributed by atoms with E-state index in [2.05, 4.69) is 5.32 Å². The van der Waals surface area contributed by atoms with E-state index >= 15 is 0 Å². The second kappa shape index (κ2) is 7.35. The van der Waals surface area contributed by atoms with Gasteiger partial charge in [0.1, 0.15) is 11.5 Å². The van der Waals surface area contributed by atoms with Crippen LogP contribution in [0.2, 0.25) is 0 Å². The number of carbonyl (C=O) groups is 2. The summed E-state index contributed by atoms with van der Waals surface area (Å²) >= 11 is 0. The maximum Gasteiger partial charge on any atom is 0.254 e. The van der Waals surface area contributed by atoms with Crippen molar-refractivity contribution in [1.29, 1.82) is 0 Å². The molecule has 1 aromatic heterocycles. The Hall–Kier alpha value is -3.34. The van der Waals surface area contributed by atoms with E-state index in [0.717, 1.165) is 39.5 Å². The Bertz CT molecular complexity index is 1050. The molecule has 28 heavy (non-hydrogen) atoms. The van der Waals surface area contributed by atoms with Crippen LogP contribution in [0.1, 0.15) is 34.2 Å². The van der Waals surface area contributed by atoms with Gasteiger partial charge in [-0.3, -0.25) is 9.59 Å². The first-order valence-electron chi connectivity index (χ1n) is 9.35. The SMILES string of the molecule is CC(=O)Nc1cccc(-c2cc3c(o2)CCN(C(=O)c2cccc(C)c2)C3)c1. The van der Waals surface area contributed by atoms with Crippen LogP contribution in [0, 0.1) is 6.92 Å². The van der Waals surface area contributed by atoms with Crippen molar-refractivity contribution in [3.05, 3.63) is 77.0 Å². The Morgan fingerprint density at radius 3 is 2.68 bits per heavy atom. The lowest BCUT2D eigenvalue weighted by molar-refractivity contribution is -0.114. The Morgan fingerprint density at radius 2 is 1.89 bits per heavy atom. The zero-order chi connectivity index (χ0) is 19.7. The normalized spacial score (nSPS) is 13.1. The molecule has 3 aromatic rings. The average molecular weight is 374 g/mol. The highest BCUT2D eigenvalue weighted by molar-refractivity contribution is 5.94. The molecule has 0 unspecified atom stereocenters. The van der Waals surface area contributed by atoms with Gasteiger partial charge in [-0.1, -0.05) is 29.8 Å². The molecule has 0 saturated carbocycles. The number of aryl methyl sites for hydroxylation is 1. The zero-order valence-electron chi connectivity index (χ0n) is 16.0. The summed E-state index contributed by atoms with van der Waals surface area (Å²) in [4.78, 5) is 26.0. The number of hydrogen-bond acceptors (Lipinski definition) is 3. The lowest BCUT2D eigenvalue weighted by Crippen LogP contribution is -2.35. The van der Waals surface area contributed by atoms with Crippen LogP contribution in [0.3, 0.4) is 0 Å². The average Bonchev–Trinajstić information content (AvgIpc) is 3.10. The van der Waals surface area contributed by atoms with Crippen molar-refractivity contribution in [2.75, 3.05) is 11.9 Å². The molecule has 1 aliphatic rings. The van der Waals surface area contributed by atoms with E-state index in [0.29, 0.717) is 19.5 Å². The monoisotopic (exact) mass is 374 g/mol. The van der Waals surface area contributed by atoms with Crippen molar-refractivity contribution in [2.45, 2.75) is 26.8 Å². The zero-order valence-corrected chi connectivity index (χ0v) is 16.0. The third-order valence-electron chi connectivity index (χ3n) is 4.89. The molecule has 5 heteroatoms. The molecule has 0 fully saturated rings. The van der Waals surface area contributed by atoms with Gasteiger partial charge in [0.05, 0.1) is 0 Å². The fourth-order valence-corrected chi connectivity index (χ4v) is 3.56. The second-order valence-electron chi connectivity index (χ2n) is 7.17. The Kier molecular flexibility index (Phi) is 4.74. The van der Waals surface area contributed by atoms with E-state index in [1.165, 1.54) is 6.92 Å². The topological polar surface area (TPSA) is 62.6 Å². The van der Waals surface area contributed by atoms with Crippen LogP contribution in [-0.4, -0.2) is 23.3 Å². The van der Waals surface area contributed by atoms with Crippen LogP contribution >= 0.6 is 0 Å². The first-order valence-corrected chi connectivity index (χ1v) is 9.35. The number of rotatable bonds is 3. The molecule has 2 aromatic carbocycles. The van der Waals surface area contributed by atoms with Gasteiger partial charge in [0.15, 0.2) is 0 Å². The van der Waals surface area contributed by atoms with E-state index < -0.39 is 0 Å². The summed E-state index contributed by atoms with van der Waals surface area (Å²) in [7, 11) is 0. The number of benzene rings is 2. The lowest BCUT2D eigenvalue weighted by atomic mass is 10.1. The van der Waals surface area contributed by atoms with Crippen LogP contribution in [0.5, 0.6) is 0 Å². The number of amides is 2. The van der Waals surface area contributed by atoms with Gasteiger partial charge in [-0.15, -0.1) is 0 Å². The predicted octanol–water partition coefficient (Wildman–Crippen LogP) is 4.41. The predicted molar refractivity (Wildman–Crippen MR) is 108 cm³/mol. The van der Waals surface area contributed by atoms with Gasteiger partial charge in [0.2, 0.25) is 5.91 Å². The molecule has 2 heterocycles. The number of nitrogens with zero attached hydrogens (tertiary/aromatic N) is 1. The fourth-order valence-electron chi connectivity index (χ4n) is 3.56. The van der Waals surface area contributed by atoms with E-state index in [4.69, 9.17) is 4.42 Å². The van der Waals surface area contributed by atoms with Crippen molar-refractivity contribution in [3.63, 3.8) is 0 Å². The highest BCUT2D eigenvalue weighted by Crippen LogP contribution is 2.31. The maximum absolute atomic E-state index is 12.8. The Morgan fingerprint density at radius 1 is 1.07 bits per heavy atom. The Balaban J connectivity index is 1.55. The van der Waals surface area contributed by atoms with Crippen molar-refractivity contribution in [2.24, 2.45) is 0 Å². The van der Waals surface area contributed by atoms with Gasteiger partial charge >= 0.3 is 0 Å². The molecule has 1 aliphatic heterocycles. The summed E-state index contributed by atoms with van der Waals surface area (Å²) in [6.07, 6.45) is 0.693. The molecular formula is C23H22N2O3. The quantitative estimate of drug-likeness (QED) is 0.738. The highest BCUT2D eigenvalue weighted by atomic mass is 16.3. The minimum Gasteiger partial charge on any atom is -0.461 e. The van der Waals surface area contributed by atoms with Crippen LogP contribution in [-0.2, 0) is 17.8 Å². The van der Waals surface area contributed by atoms with Gasteiger partial charge in [-0.05, 0) is 37.3 Å². The highest BCUT2D eigenvalue weighted by Gasteiger charge is 2.25. The molecule has 0 saturated heterocycles. The fraction of sp³-hybridized carbons (Fsp3) is 0.217. The van der Waals surface area contributed by atoms with Crippen molar-refractivity contribution < 1.29 is 14.0 Å². The lowest BCUT2D eigenvalue weighted by Gasteiger charge is -2.26. The molecule has 1 N–H and O–H groups in total. The third kappa shape index (κ3) is 3.69. The molecule has 5 nitrogen and oxygen atoms in total. The van der Waals surface area contributed by atoms with Crippen molar-refractivity contribution in [1.82, 2.24) is 4.90 Å². The summed E-state index contributed by atoms with van der Waals surface area (Å²) < 4.78 is 6.05. The van der Waals surface area contributed by atoms with E-state index in [1.807, 2.05) is 66.4 Å². The van der Waals surface area contributed by atoms with Gasteiger partial charge in [0, 0.05) is 48.8 Å². The molecule has 4 rings (SSSR count). The number of anilines is 1. The minimum atomic E-state index is -0.110. The number of carbonyl (C=O) groups excluding carboxylic acids is 2. The van der Waals surface area contributed by atoms with E-state index in [9.17, 15) is 9.59 Å². The largest absolute Gasteiger partial charge is 0.461 e. The summed E-state index contributed by atoms with van der Waals surface area (Å²) in [5.41, 5.74) is 4.46. The molecular weight excluding hydrogens is 352 g/mol. The summed E-state index contributed by atoms with van der Waals surface area (Å²) in [6.45, 7) is 4.65. The standard InChI is InChI=1S/C23H22N2O3/c1-15-5-3-7-18(11-15)23(27)25-10-9-21-19(14-25)13-22(28-21)17-6-4-8-20(12-17)24-16(2)26/h3-8,11-13H,9-10,14H2,1-2H3,(H,24,26). The summed E-state index contributed by atoms with van der Waals surface area (Å²) in [6, 6.07) is 17.3. The maximum atomic E-state index is 12.8. The Labute approximate surface area is 164 Å². The van der Waals surface area contributed by atoms with E-state index in [-0.39, 0.29) is 11.8 Å². The molecule has 0 aliphatic carbocycles. The van der Waals surface area contributed by atoms with Gasteiger partial charge in [0.25, 0.3) is 5.91 Å². The van der Waals surface area contributed by atoms with Crippen LogP contribution in [0.25, 0.3) is 11.3 Å². The molecule has 0 spiro atoms. The number of fused-ring (bicyclic) bond motifs is 1. The van der Waals surface area contributed by atoms with Crippen LogP contribution < -0.4 is 5.32 Å². The van der Waals surface area contributed by atoms with Gasteiger partial charge in [-0.2, -0.15) is 0 Å². The second-order valence-corrected chi connectivity index (χ2v) is 7.17. The van der Waals surface area contributed by atoms with Crippen molar-refractivity contribution in [3.8, 4) is 11.3 Å². The van der Waals surface area contributed by atoms with Crippen LogP contribution in [0.15, 0.2) is 59.0 Å². The first kappa shape index (κ1) is 18.0. The van der Waals surface area contributed by atoms with Gasteiger partial charge < -0.3 is 14.6 Å². The first-order chi connectivity index (χ1) is 13.5. The minimum absolute atomic E-state index is 0.0461. The molecule has 142 valence electrons. The number of nitrogens with one attached hydrogen (secondary N) is 1. The number of furan rings is 1. The molecule has 0 bridgehead atoms. The third-order valence-corrected chi connectivity index (χ3v) is 4.89. The number of hydrogen-bond donors (Lipinski definition) is 1. The van der Waals surface area contributed by atoms with Crippen LogP contribution in [0.4, 0.5) is 5.69 Å².